The number of amides is 2. The van der Waals surface area contributed by atoms with Gasteiger partial charge in [-0.25, -0.2) is 13.2 Å². The summed E-state index contributed by atoms with van der Waals surface area (Å²) in [5, 5.41) is 5.59. The van der Waals surface area contributed by atoms with Gasteiger partial charge < -0.3 is 15.0 Å². The second kappa shape index (κ2) is 8.24. The quantitative estimate of drug-likeness (QED) is 0.752. The summed E-state index contributed by atoms with van der Waals surface area (Å²) >= 11 is 0. The molecule has 1 aromatic rings. The number of ether oxygens (including phenoxy) is 1. The van der Waals surface area contributed by atoms with Crippen molar-refractivity contribution >= 4 is 17.5 Å². The number of rotatable bonds is 4. The van der Waals surface area contributed by atoms with Crippen LogP contribution in [-0.4, -0.2) is 67.3 Å². The summed E-state index contributed by atoms with van der Waals surface area (Å²) in [6.07, 6.45) is -0.627. The monoisotopic (exact) mass is 386 g/mol. The molecule has 2 amide bonds. The smallest absolute Gasteiger partial charge is 0.227 e. The van der Waals surface area contributed by atoms with Crippen LogP contribution in [0.2, 0.25) is 0 Å². The minimum absolute atomic E-state index is 0.109. The Hall–Kier alpha value is -2.17. The molecule has 1 aromatic carbocycles. The molecular weight excluding hydrogens is 365 g/mol. The third-order valence-corrected chi connectivity index (χ3v) is 4.75. The molecule has 27 heavy (non-hydrogen) atoms. The number of carbonyl (C=O) groups is 2. The predicted molar refractivity (Wildman–Crippen MR) is 90.1 cm³/mol. The maximum atomic E-state index is 13.3. The summed E-state index contributed by atoms with van der Waals surface area (Å²) in [6.45, 7) is 2.52. The fourth-order valence-electron chi connectivity index (χ4n) is 3.21. The first-order valence-corrected chi connectivity index (χ1v) is 8.63. The molecule has 2 saturated heterocycles. The number of benzene rings is 1. The molecule has 2 atom stereocenters. The van der Waals surface area contributed by atoms with Crippen molar-refractivity contribution in [3.8, 4) is 0 Å². The van der Waals surface area contributed by atoms with Gasteiger partial charge in [0.15, 0.2) is 17.5 Å². The second-order valence-corrected chi connectivity index (χ2v) is 6.56. The molecule has 0 saturated carbocycles. The van der Waals surface area contributed by atoms with Gasteiger partial charge in [0.2, 0.25) is 11.8 Å². The van der Waals surface area contributed by atoms with Gasteiger partial charge in [-0.1, -0.05) is 0 Å². The van der Waals surface area contributed by atoms with Crippen LogP contribution in [0.4, 0.5) is 18.9 Å². The van der Waals surface area contributed by atoms with E-state index in [2.05, 4.69) is 15.5 Å². The summed E-state index contributed by atoms with van der Waals surface area (Å²) in [7, 11) is 1.58. The Bertz CT molecular complexity index is 704. The van der Waals surface area contributed by atoms with Crippen molar-refractivity contribution in [3.63, 3.8) is 0 Å². The molecule has 2 aliphatic rings. The molecule has 0 aliphatic carbocycles. The zero-order chi connectivity index (χ0) is 19.6. The lowest BCUT2D eigenvalue weighted by atomic mass is 10.1. The molecule has 2 N–H and O–H groups in total. The fraction of sp³-hybridized carbons (Fsp3) is 0.529. The van der Waals surface area contributed by atoms with Gasteiger partial charge in [0, 0.05) is 38.0 Å². The van der Waals surface area contributed by atoms with E-state index in [1.165, 1.54) is 4.90 Å². The van der Waals surface area contributed by atoms with Gasteiger partial charge in [0.25, 0.3) is 0 Å². The van der Waals surface area contributed by atoms with Crippen LogP contribution < -0.4 is 10.6 Å². The Labute approximate surface area is 154 Å². The van der Waals surface area contributed by atoms with Crippen molar-refractivity contribution in [1.82, 2.24) is 15.1 Å². The summed E-state index contributed by atoms with van der Waals surface area (Å²) in [5.41, 5.74) is -0.189. The Kier molecular flexibility index (Phi) is 5.98. The highest BCUT2D eigenvalue weighted by atomic mass is 19.2. The normalized spacial score (nSPS) is 24.1. The van der Waals surface area contributed by atoms with Crippen LogP contribution in [0, 0.1) is 17.5 Å². The first-order valence-electron chi connectivity index (χ1n) is 8.63. The van der Waals surface area contributed by atoms with Crippen LogP contribution >= 0.6 is 0 Å². The van der Waals surface area contributed by atoms with Crippen LogP contribution in [0.1, 0.15) is 12.8 Å². The Morgan fingerprint density at radius 2 is 1.89 bits per heavy atom. The molecule has 2 aliphatic heterocycles. The van der Waals surface area contributed by atoms with Crippen molar-refractivity contribution in [1.29, 1.82) is 0 Å². The number of morpholine rings is 1. The van der Waals surface area contributed by atoms with Crippen LogP contribution in [0.3, 0.4) is 0 Å². The molecule has 7 nitrogen and oxygen atoms in total. The maximum Gasteiger partial charge on any atom is 0.227 e. The highest BCUT2D eigenvalue weighted by Crippen LogP contribution is 2.19. The molecule has 3 rings (SSSR count). The van der Waals surface area contributed by atoms with Crippen molar-refractivity contribution in [2.24, 2.45) is 0 Å². The predicted octanol–water partition coefficient (Wildman–Crippen LogP) is 0.869. The van der Waals surface area contributed by atoms with Gasteiger partial charge in [-0.2, -0.15) is 0 Å². The van der Waals surface area contributed by atoms with E-state index >= 15 is 0 Å². The van der Waals surface area contributed by atoms with E-state index in [0.29, 0.717) is 38.4 Å². The lowest BCUT2D eigenvalue weighted by molar-refractivity contribution is -0.141. The molecule has 0 spiro atoms. The minimum Gasteiger partial charge on any atom is -0.379 e. The van der Waals surface area contributed by atoms with Crippen molar-refractivity contribution in [3.05, 3.63) is 29.6 Å². The van der Waals surface area contributed by atoms with Crippen LogP contribution in [-0.2, 0) is 14.3 Å². The maximum absolute atomic E-state index is 13.3. The average molecular weight is 386 g/mol. The third kappa shape index (κ3) is 4.57. The highest BCUT2D eigenvalue weighted by molar-refractivity contribution is 5.91. The van der Waals surface area contributed by atoms with E-state index in [1.807, 2.05) is 0 Å². The van der Waals surface area contributed by atoms with Crippen LogP contribution in [0.25, 0.3) is 0 Å². The van der Waals surface area contributed by atoms with Gasteiger partial charge >= 0.3 is 0 Å². The molecule has 0 bridgehead atoms. The molecule has 148 valence electrons. The molecule has 0 aromatic heterocycles. The Balaban J connectivity index is 1.63. The van der Waals surface area contributed by atoms with E-state index in [-0.39, 0.29) is 30.6 Å². The molecule has 2 unspecified atom stereocenters. The van der Waals surface area contributed by atoms with Gasteiger partial charge in [-0.3, -0.25) is 19.8 Å². The lowest BCUT2D eigenvalue weighted by Crippen LogP contribution is -2.63. The van der Waals surface area contributed by atoms with Crippen LogP contribution in [0.5, 0.6) is 0 Å². The number of anilines is 1. The lowest BCUT2D eigenvalue weighted by Gasteiger charge is -2.43. The number of nitrogens with zero attached hydrogens (tertiary/aromatic N) is 2. The largest absolute Gasteiger partial charge is 0.379 e. The highest BCUT2D eigenvalue weighted by Gasteiger charge is 2.35. The number of hydrogen-bond acceptors (Lipinski definition) is 5. The Morgan fingerprint density at radius 1 is 1.26 bits per heavy atom. The zero-order valence-electron chi connectivity index (χ0n) is 14.8. The summed E-state index contributed by atoms with van der Waals surface area (Å²) in [5.74, 6) is -5.04. The standard InChI is InChI=1S/C17H21F3N4O3/c1-23-13(22-14(9-16(23)26)24-2-4-27-5-3-24)8-15(25)21-10-6-11(18)17(20)12(19)7-10/h6-7,13-14,22H,2-5,8-9H2,1H3,(H,21,25). The number of nitrogens with one attached hydrogen (secondary N) is 2. The van der Waals surface area contributed by atoms with E-state index in [9.17, 15) is 22.8 Å². The third-order valence-electron chi connectivity index (χ3n) is 4.75. The number of hydrogen-bond donors (Lipinski definition) is 2. The molecular formula is C17H21F3N4O3. The van der Waals surface area contributed by atoms with Gasteiger partial charge in [0.1, 0.15) is 0 Å². The van der Waals surface area contributed by atoms with E-state index in [1.54, 1.807) is 7.05 Å². The first-order chi connectivity index (χ1) is 12.8. The average Bonchev–Trinajstić information content (AvgIpc) is 2.64. The van der Waals surface area contributed by atoms with Crippen molar-refractivity contribution < 1.29 is 27.5 Å². The van der Waals surface area contributed by atoms with Gasteiger partial charge in [0.05, 0.1) is 38.4 Å². The molecule has 2 fully saturated rings. The van der Waals surface area contributed by atoms with Crippen molar-refractivity contribution in [2.45, 2.75) is 25.2 Å². The second-order valence-electron chi connectivity index (χ2n) is 6.56. The summed E-state index contributed by atoms with van der Waals surface area (Å²) < 4.78 is 44.9. The molecule has 2 heterocycles. The molecule has 0 radical (unpaired) electrons. The summed E-state index contributed by atoms with van der Waals surface area (Å²) in [4.78, 5) is 28.1. The minimum atomic E-state index is -1.60. The van der Waals surface area contributed by atoms with Crippen molar-refractivity contribution in [2.75, 3.05) is 38.7 Å². The zero-order valence-corrected chi connectivity index (χ0v) is 14.8. The van der Waals surface area contributed by atoms with E-state index < -0.39 is 29.5 Å². The Morgan fingerprint density at radius 3 is 2.52 bits per heavy atom. The topological polar surface area (TPSA) is 73.9 Å². The molecule has 10 heteroatoms. The van der Waals surface area contributed by atoms with Gasteiger partial charge in [-0.15, -0.1) is 0 Å². The SMILES string of the molecule is CN1C(=O)CC(N2CCOCC2)NC1CC(=O)Nc1cc(F)c(F)c(F)c1. The fourth-order valence-corrected chi connectivity index (χ4v) is 3.21. The first kappa shape index (κ1) is 19.6. The number of carbonyl (C=O) groups excluding carboxylic acids is 2. The summed E-state index contributed by atoms with van der Waals surface area (Å²) in [6, 6.07) is 1.41. The van der Waals surface area contributed by atoms with Gasteiger partial charge in [-0.05, 0) is 0 Å². The van der Waals surface area contributed by atoms with E-state index in [4.69, 9.17) is 4.74 Å². The number of halogens is 3. The van der Waals surface area contributed by atoms with E-state index in [0.717, 1.165) is 0 Å². The van der Waals surface area contributed by atoms with Crippen LogP contribution in [0.15, 0.2) is 12.1 Å².